The predicted octanol–water partition coefficient (Wildman–Crippen LogP) is 2.26. The number of hydrogen-bond donors (Lipinski definition) is 0. The van der Waals surface area contributed by atoms with Crippen LogP contribution in [-0.2, 0) is 0 Å². The Labute approximate surface area is 90.6 Å². The summed E-state index contributed by atoms with van der Waals surface area (Å²) in [5.41, 5.74) is 0.305. The van der Waals surface area contributed by atoms with Crippen LogP contribution in [0.3, 0.4) is 0 Å². The van der Waals surface area contributed by atoms with E-state index in [4.69, 9.17) is 9.15 Å². The van der Waals surface area contributed by atoms with Gasteiger partial charge in [-0.2, -0.15) is 0 Å². The Morgan fingerprint density at radius 1 is 1.50 bits per heavy atom. The molecule has 82 valence electrons. The molecule has 1 aromatic carbocycles. The van der Waals surface area contributed by atoms with E-state index in [0.29, 0.717) is 17.1 Å². The van der Waals surface area contributed by atoms with Crippen molar-refractivity contribution in [3.05, 3.63) is 40.9 Å². The van der Waals surface area contributed by atoms with Crippen LogP contribution in [0.4, 0.5) is 5.69 Å². The van der Waals surface area contributed by atoms with Gasteiger partial charge in [-0.1, -0.05) is 0 Å². The maximum Gasteiger partial charge on any atom is 0.280 e. The molecule has 0 spiro atoms. The van der Waals surface area contributed by atoms with Crippen molar-refractivity contribution in [1.82, 2.24) is 4.98 Å². The molecule has 0 unspecified atom stereocenters. The van der Waals surface area contributed by atoms with E-state index in [1.807, 2.05) is 0 Å². The first-order chi connectivity index (χ1) is 7.72. The molecule has 0 saturated carbocycles. The molecule has 0 atom stereocenters. The highest BCUT2D eigenvalue weighted by molar-refractivity contribution is 5.70. The van der Waals surface area contributed by atoms with Crippen molar-refractivity contribution in [3.63, 3.8) is 0 Å². The second-order valence-electron chi connectivity index (χ2n) is 3.01. The van der Waals surface area contributed by atoms with Crippen LogP contribution in [0.1, 0.15) is 0 Å². The molecule has 0 bridgehead atoms. The number of rotatable bonds is 3. The fraction of sp³-hybridized carbons (Fsp3) is 0.100. The zero-order valence-electron chi connectivity index (χ0n) is 8.41. The van der Waals surface area contributed by atoms with Crippen molar-refractivity contribution in [1.29, 1.82) is 0 Å². The van der Waals surface area contributed by atoms with Gasteiger partial charge in [0.2, 0.25) is 0 Å². The number of benzene rings is 1. The van der Waals surface area contributed by atoms with Crippen molar-refractivity contribution in [3.8, 4) is 17.1 Å². The zero-order chi connectivity index (χ0) is 11.5. The molecule has 16 heavy (non-hydrogen) atoms. The van der Waals surface area contributed by atoms with Crippen LogP contribution in [-0.4, -0.2) is 17.0 Å². The monoisotopic (exact) mass is 220 g/mol. The lowest BCUT2D eigenvalue weighted by molar-refractivity contribution is -0.384. The fourth-order valence-electron chi connectivity index (χ4n) is 1.35. The minimum Gasteiger partial charge on any atom is -0.497 e. The van der Waals surface area contributed by atoms with Crippen LogP contribution in [0, 0.1) is 10.1 Å². The van der Waals surface area contributed by atoms with Gasteiger partial charge in [0.15, 0.2) is 12.2 Å². The maximum absolute atomic E-state index is 10.8. The van der Waals surface area contributed by atoms with Crippen LogP contribution in [0.5, 0.6) is 5.75 Å². The van der Waals surface area contributed by atoms with E-state index >= 15 is 0 Å². The van der Waals surface area contributed by atoms with E-state index in [9.17, 15) is 10.1 Å². The van der Waals surface area contributed by atoms with Crippen LogP contribution in [0.25, 0.3) is 11.3 Å². The lowest BCUT2D eigenvalue weighted by Crippen LogP contribution is -1.92. The summed E-state index contributed by atoms with van der Waals surface area (Å²) in [4.78, 5) is 14.1. The normalized spacial score (nSPS) is 10.1. The van der Waals surface area contributed by atoms with Gasteiger partial charge in [-0.15, -0.1) is 0 Å². The van der Waals surface area contributed by atoms with Crippen molar-refractivity contribution >= 4 is 5.69 Å². The fourth-order valence-corrected chi connectivity index (χ4v) is 1.35. The molecule has 2 rings (SSSR count). The zero-order valence-corrected chi connectivity index (χ0v) is 8.41. The first kappa shape index (κ1) is 10.2. The molecular weight excluding hydrogens is 212 g/mol. The van der Waals surface area contributed by atoms with Gasteiger partial charge in [0.05, 0.1) is 18.2 Å². The third-order valence-corrected chi connectivity index (χ3v) is 2.10. The van der Waals surface area contributed by atoms with Crippen LogP contribution < -0.4 is 4.74 Å². The summed E-state index contributed by atoms with van der Waals surface area (Å²) >= 11 is 0. The number of oxazole rings is 1. The number of methoxy groups -OCH3 is 1. The molecule has 0 radical (unpaired) electrons. The van der Waals surface area contributed by atoms with Gasteiger partial charge in [0, 0.05) is 6.07 Å². The third-order valence-electron chi connectivity index (χ3n) is 2.10. The number of hydrogen-bond acceptors (Lipinski definition) is 5. The molecule has 0 aliphatic rings. The van der Waals surface area contributed by atoms with Crippen molar-refractivity contribution < 1.29 is 14.1 Å². The van der Waals surface area contributed by atoms with Gasteiger partial charge in [-0.25, -0.2) is 4.98 Å². The van der Waals surface area contributed by atoms with Crippen LogP contribution >= 0.6 is 0 Å². The highest BCUT2D eigenvalue weighted by Crippen LogP contribution is 2.32. The summed E-state index contributed by atoms with van der Waals surface area (Å²) < 4.78 is 10.0. The summed E-state index contributed by atoms with van der Waals surface area (Å²) in [6.07, 6.45) is 2.64. The van der Waals surface area contributed by atoms with E-state index in [-0.39, 0.29) is 5.69 Å². The van der Waals surface area contributed by atoms with E-state index in [1.54, 1.807) is 6.07 Å². The molecule has 6 nitrogen and oxygen atoms in total. The lowest BCUT2D eigenvalue weighted by atomic mass is 10.1. The quantitative estimate of drug-likeness (QED) is 0.585. The molecule has 0 N–H and O–H groups in total. The molecule has 2 aromatic rings. The van der Waals surface area contributed by atoms with Crippen molar-refractivity contribution in [2.45, 2.75) is 0 Å². The first-order valence-electron chi connectivity index (χ1n) is 4.43. The lowest BCUT2D eigenvalue weighted by Gasteiger charge is -2.02. The van der Waals surface area contributed by atoms with E-state index in [1.165, 1.54) is 31.8 Å². The topological polar surface area (TPSA) is 78.4 Å². The summed E-state index contributed by atoms with van der Waals surface area (Å²) in [6, 6.07) is 4.44. The molecular formula is C10H8N2O4. The minimum atomic E-state index is -0.475. The molecule has 0 aliphatic carbocycles. The largest absolute Gasteiger partial charge is 0.497 e. The summed E-state index contributed by atoms with van der Waals surface area (Å²) in [7, 11) is 1.49. The first-order valence-corrected chi connectivity index (χ1v) is 4.43. The second kappa shape index (κ2) is 4.01. The van der Waals surface area contributed by atoms with Gasteiger partial charge in [-0.05, 0) is 12.1 Å². The maximum atomic E-state index is 10.8. The number of nitro groups is 1. The van der Waals surface area contributed by atoms with Gasteiger partial charge in [-0.3, -0.25) is 10.1 Å². The molecule has 1 aromatic heterocycles. The van der Waals surface area contributed by atoms with E-state index in [2.05, 4.69) is 4.98 Å². The molecule has 0 fully saturated rings. The predicted molar refractivity (Wildman–Crippen MR) is 55.1 cm³/mol. The Bertz CT molecular complexity index is 508. The molecule has 6 heteroatoms. The molecule has 0 aliphatic heterocycles. The van der Waals surface area contributed by atoms with Gasteiger partial charge in [0.25, 0.3) is 5.69 Å². The highest BCUT2D eigenvalue weighted by atomic mass is 16.6. The summed E-state index contributed by atoms with van der Waals surface area (Å²) in [5, 5.41) is 10.8. The Morgan fingerprint density at radius 3 is 2.88 bits per heavy atom. The molecule has 0 amide bonds. The third kappa shape index (κ3) is 1.72. The number of ether oxygens (including phenoxy) is 1. The van der Waals surface area contributed by atoms with Crippen LogP contribution in [0.15, 0.2) is 35.2 Å². The average Bonchev–Trinajstić information content (AvgIpc) is 2.81. The van der Waals surface area contributed by atoms with Crippen molar-refractivity contribution in [2.24, 2.45) is 0 Å². The summed E-state index contributed by atoms with van der Waals surface area (Å²) in [5.74, 6) is 0.864. The number of nitro benzene ring substituents is 1. The molecule has 1 heterocycles. The second-order valence-corrected chi connectivity index (χ2v) is 3.01. The van der Waals surface area contributed by atoms with Crippen molar-refractivity contribution in [2.75, 3.05) is 7.11 Å². The standard InChI is InChI=1S/C10H8N2O4/c1-15-7-2-3-9(12(13)14)8(4-7)10-5-11-6-16-10/h2-6H,1H3. The van der Waals surface area contributed by atoms with Gasteiger partial charge < -0.3 is 9.15 Å². The Kier molecular flexibility index (Phi) is 2.55. The van der Waals surface area contributed by atoms with E-state index in [0.717, 1.165) is 0 Å². The average molecular weight is 220 g/mol. The van der Waals surface area contributed by atoms with Crippen LogP contribution in [0.2, 0.25) is 0 Å². The number of aromatic nitrogens is 1. The Hall–Kier alpha value is -2.37. The SMILES string of the molecule is COc1ccc([N+](=O)[O-])c(-c2cnco2)c1. The Balaban J connectivity index is 2.59. The Morgan fingerprint density at radius 2 is 2.31 bits per heavy atom. The number of nitrogens with zero attached hydrogens (tertiary/aromatic N) is 2. The summed E-state index contributed by atoms with van der Waals surface area (Å²) in [6.45, 7) is 0. The van der Waals surface area contributed by atoms with Gasteiger partial charge >= 0.3 is 0 Å². The molecule has 0 saturated heterocycles. The smallest absolute Gasteiger partial charge is 0.280 e. The van der Waals surface area contributed by atoms with E-state index < -0.39 is 4.92 Å². The minimum absolute atomic E-state index is 0.0439. The van der Waals surface area contributed by atoms with Gasteiger partial charge in [0.1, 0.15) is 11.3 Å². The highest BCUT2D eigenvalue weighted by Gasteiger charge is 2.18.